The van der Waals surface area contributed by atoms with E-state index in [1.807, 2.05) is 41.5 Å². The number of H-pyrrole nitrogens is 1. The number of hydrogen-bond acceptors (Lipinski definition) is 1. The summed E-state index contributed by atoms with van der Waals surface area (Å²) in [4.78, 5) is 7.71. The zero-order valence-corrected chi connectivity index (χ0v) is 12.7. The number of nitrogens with zero attached hydrogens (tertiary/aromatic N) is 1. The summed E-state index contributed by atoms with van der Waals surface area (Å²) in [6.07, 6.45) is 7.71. The molecule has 0 amide bonds. The quantitative estimate of drug-likeness (QED) is 0.798. The van der Waals surface area contributed by atoms with Gasteiger partial charge in [0.2, 0.25) is 0 Å². The van der Waals surface area contributed by atoms with Gasteiger partial charge in [0.1, 0.15) is 5.82 Å². The van der Waals surface area contributed by atoms with Crippen LogP contribution in [-0.4, -0.2) is 9.97 Å². The number of rotatable bonds is 1. The largest absolute Gasteiger partial charge is 0.342 e. The molecule has 0 unspecified atom stereocenters. The number of hydrogen-bond donors (Lipinski definition) is 1. The molecule has 1 aromatic heterocycles. The SMILES string of the molecule is CC.CC.CC.CCc1nc2c([nH]1)=CCCC=2. The van der Waals surface area contributed by atoms with Gasteiger partial charge in [-0.1, -0.05) is 60.6 Å². The van der Waals surface area contributed by atoms with Crippen LogP contribution in [-0.2, 0) is 6.42 Å². The normalized spacial score (nSPS) is 10.8. The van der Waals surface area contributed by atoms with Crippen molar-refractivity contribution in [3.05, 3.63) is 16.5 Å². The molecule has 1 aliphatic carbocycles. The first kappa shape index (κ1) is 18.3. The van der Waals surface area contributed by atoms with Crippen molar-refractivity contribution < 1.29 is 0 Å². The van der Waals surface area contributed by atoms with Gasteiger partial charge in [-0.05, 0) is 12.8 Å². The topological polar surface area (TPSA) is 28.7 Å². The molecule has 0 spiro atoms. The van der Waals surface area contributed by atoms with Crippen LogP contribution in [0, 0.1) is 0 Å². The van der Waals surface area contributed by atoms with Crippen molar-refractivity contribution in [3.8, 4) is 0 Å². The lowest BCUT2D eigenvalue weighted by Gasteiger charge is -1.89. The summed E-state index contributed by atoms with van der Waals surface area (Å²) < 4.78 is 0. The Balaban J connectivity index is 0. The zero-order chi connectivity index (χ0) is 13.7. The van der Waals surface area contributed by atoms with E-state index in [2.05, 4.69) is 29.0 Å². The molecule has 1 aliphatic rings. The van der Waals surface area contributed by atoms with Crippen molar-refractivity contribution in [2.45, 2.75) is 67.7 Å². The standard InChI is InChI=1S/C9H12N2.3C2H6/c1-2-9-10-7-5-3-4-6-8(7)11-9;3*1-2/h5-6H,2-4H2,1H3,(H,10,11);3*1-2H3. The Morgan fingerprint density at radius 3 is 2.00 bits per heavy atom. The van der Waals surface area contributed by atoms with Gasteiger partial charge in [0.15, 0.2) is 0 Å². The van der Waals surface area contributed by atoms with Crippen LogP contribution < -0.4 is 10.7 Å². The molecule has 1 heterocycles. The van der Waals surface area contributed by atoms with Crippen LogP contribution in [0.3, 0.4) is 0 Å². The van der Waals surface area contributed by atoms with Crippen molar-refractivity contribution in [1.29, 1.82) is 0 Å². The molecule has 0 fully saturated rings. The fourth-order valence-corrected chi connectivity index (χ4v) is 1.38. The van der Waals surface area contributed by atoms with Crippen molar-refractivity contribution in [2.24, 2.45) is 0 Å². The second kappa shape index (κ2) is 13.0. The molecule has 0 bridgehead atoms. The molecule has 1 N–H and O–H groups in total. The van der Waals surface area contributed by atoms with Gasteiger partial charge in [-0.3, -0.25) is 0 Å². The second-order valence-corrected chi connectivity index (χ2v) is 2.82. The third-order valence-electron chi connectivity index (χ3n) is 2.00. The summed E-state index contributed by atoms with van der Waals surface area (Å²) in [5.74, 6) is 1.10. The van der Waals surface area contributed by atoms with Gasteiger partial charge in [-0.25, -0.2) is 4.98 Å². The maximum Gasteiger partial charge on any atom is 0.106 e. The van der Waals surface area contributed by atoms with Crippen molar-refractivity contribution >= 4 is 12.2 Å². The Hall–Kier alpha value is -1.05. The monoisotopic (exact) mass is 238 g/mol. The van der Waals surface area contributed by atoms with Gasteiger partial charge in [-0.2, -0.15) is 0 Å². The number of nitrogens with one attached hydrogen (secondary N) is 1. The van der Waals surface area contributed by atoms with E-state index in [1.165, 1.54) is 5.35 Å². The van der Waals surface area contributed by atoms with Gasteiger partial charge < -0.3 is 4.98 Å². The summed E-state index contributed by atoms with van der Waals surface area (Å²) in [5.41, 5.74) is 0. The van der Waals surface area contributed by atoms with Crippen LogP contribution in [0.1, 0.15) is 67.1 Å². The predicted octanol–water partition coefficient (Wildman–Crippen LogP) is 3.41. The first-order chi connectivity index (χ1) is 8.40. The van der Waals surface area contributed by atoms with Crippen molar-refractivity contribution in [1.82, 2.24) is 9.97 Å². The average Bonchev–Trinajstić information content (AvgIpc) is 2.88. The minimum absolute atomic E-state index is 0.995. The number of aromatic amines is 1. The Bertz CT molecular complexity index is 327. The fourth-order valence-electron chi connectivity index (χ4n) is 1.38. The summed E-state index contributed by atoms with van der Waals surface area (Å²) in [6.45, 7) is 14.1. The Morgan fingerprint density at radius 2 is 1.53 bits per heavy atom. The highest BCUT2D eigenvalue weighted by molar-refractivity contribution is 5.33. The molecule has 1 aromatic rings. The molecule has 0 saturated carbocycles. The van der Waals surface area contributed by atoms with E-state index in [1.54, 1.807) is 0 Å². The molecule has 2 rings (SSSR count). The van der Waals surface area contributed by atoms with Crippen LogP contribution >= 0.6 is 0 Å². The molecular formula is C15H30N2. The minimum Gasteiger partial charge on any atom is -0.342 e. The smallest absolute Gasteiger partial charge is 0.106 e. The van der Waals surface area contributed by atoms with Crippen molar-refractivity contribution in [3.63, 3.8) is 0 Å². The van der Waals surface area contributed by atoms with Gasteiger partial charge in [0, 0.05) is 6.42 Å². The third kappa shape index (κ3) is 6.30. The number of aryl methyl sites for hydroxylation is 1. The van der Waals surface area contributed by atoms with Crippen LogP contribution in [0.15, 0.2) is 0 Å². The Kier molecular flexibility index (Phi) is 14.0. The highest BCUT2D eigenvalue weighted by Gasteiger charge is 1.98. The number of fused-ring (bicyclic) bond motifs is 1. The molecule has 2 heteroatoms. The van der Waals surface area contributed by atoms with E-state index in [4.69, 9.17) is 0 Å². The lowest BCUT2D eigenvalue weighted by Crippen LogP contribution is -2.26. The molecule has 100 valence electrons. The highest BCUT2D eigenvalue weighted by Crippen LogP contribution is 1.93. The summed E-state index contributed by atoms with van der Waals surface area (Å²) >= 11 is 0. The van der Waals surface area contributed by atoms with E-state index < -0.39 is 0 Å². The molecule has 0 aromatic carbocycles. The summed E-state index contributed by atoms with van der Waals surface area (Å²) in [7, 11) is 0. The second-order valence-electron chi connectivity index (χ2n) is 2.82. The Morgan fingerprint density at radius 1 is 1.00 bits per heavy atom. The molecule has 17 heavy (non-hydrogen) atoms. The van der Waals surface area contributed by atoms with Crippen LogP contribution in [0.5, 0.6) is 0 Å². The van der Waals surface area contributed by atoms with Gasteiger partial charge in [0.25, 0.3) is 0 Å². The molecular weight excluding hydrogens is 208 g/mol. The third-order valence-corrected chi connectivity index (χ3v) is 2.00. The number of aromatic nitrogens is 2. The maximum absolute atomic E-state index is 4.43. The molecule has 0 saturated heterocycles. The minimum atomic E-state index is 0.995. The van der Waals surface area contributed by atoms with Crippen LogP contribution in [0.25, 0.3) is 12.2 Å². The molecule has 0 radical (unpaired) electrons. The van der Waals surface area contributed by atoms with Crippen molar-refractivity contribution in [2.75, 3.05) is 0 Å². The van der Waals surface area contributed by atoms with Gasteiger partial charge in [0.05, 0.1) is 10.7 Å². The lowest BCUT2D eigenvalue weighted by molar-refractivity contribution is 0.981. The fraction of sp³-hybridized carbons (Fsp3) is 0.667. The number of imidazole rings is 1. The average molecular weight is 238 g/mol. The van der Waals surface area contributed by atoms with Crippen LogP contribution in [0.2, 0.25) is 0 Å². The maximum atomic E-state index is 4.43. The van der Waals surface area contributed by atoms with E-state index >= 15 is 0 Å². The molecule has 0 atom stereocenters. The first-order valence-electron chi connectivity index (χ1n) is 7.15. The van der Waals surface area contributed by atoms with Gasteiger partial charge >= 0.3 is 0 Å². The van der Waals surface area contributed by atoms with E-state index in [0.717, 1.165) is 30.4 Å². The summed E-state index contributed by atoms with van der Waals surface area (Å²) in [5, 5.41) is 2.36. The predicted molar refractivity (Wildman–Crippen MR) is 79.4 cm³/mol. The summed E-state index contributed by atoms with van der Waals surface area (Å²) in [6, 6.07) is 0. The van der Waals surface area contributed by atoms with E-state index in [0.29, 0.717) is 0 Å². The Labute approximate surface area is 107 Å². The van der Waals surface area contributed by atoms with Gasteiger partial charge in [-0.15, -0.1) is 0 Å². The lowest BCUT2D eigenvalue weighted by atomic mass is 10.2. The van der Waals surface area contributed by atoms with E-state index in [9.17, 15) is 0 Å². The first-order valence-corrected chi connectivity index (χ1v) is 7.15. The van der Waals surface area contributed by atoms with E-state index in [-0.39, 0.29) is 0 Å². The van der Waals surface area contributed by atoms with Crippen LogP contribution in [0.4, 0.5) is 0 Å². The molecule has 2 nitrogen and oxygen atoms in total. The molecule has 0 aliphatic heterocycles. The zero-order valence-electron chi connectivity index (χ0n) is 12.7. The highest BCUT2D eigenvalue weighted by atomic mass is 14.9.